The average Bonchev–Trinajstić information content (AvgIpc) is 3.51. The van der Waals surface area contributed by atoms with Crippen LogP contribution in [0.2, 0.25) is 0 Å². The minimum Gasteiger partial charge on any atom is -0.361 e. The Kier molecular flexibility index (Phi) is 3.81. The zero-order chi connectivity index (χ0) is 16.5. The van der Waals surface area contributed by atoms with Gasteiger partial charge in [-0.2, -0.15) is 5.26 Å². The van der Waals surface area contributed by atoms with Gasteiger partial charge in [-0.25, -0.2) is 0 Å². The Bertz CT molecular complexity index is 801. The maximum absolute atomic E-state index is 12.3. The molecule has 5 heteroatoms. The van der Waals surface area contributed by atoms with Gasteiger partial charge in [0, 0.05) is 18.4 Å². The summed E-state index contributed by atoms with van der Waals surface area (Å²) in [7, 11) is 0. The number of rotatable bonds is 6. The molecule has 1 heterocycles. The van der Waals surface area contributed by atoms with Crippen LogP contribution in [-0.4, -0.2) is 11.1 Å². The number of nitriles is 1. The van der Waals surface area contributed by atoms with E-state index in [0.717, 1.165) is 35.8 Å². The predicted octanol–water partition coefficient (Wildman–Crippen LogP) is 2.92. The Balaban J connectivity index is 1.29. The molecule has 1 N–H and O–H groups in total. The molecule has 1 aromatic heterocycles. The molecule has 0 radical (unpaired) electrons. The average molecular weight is 321 g/mol. The van der Waals surface area contributed by atoms with Crippen molar-refractivity contribution in [2.75, 3.05) is 0 Å². The molecule has 0 spiro atoms. The SMILES string of the molecule is N#Cc1cccc([C@@H]2C[C@H]2C(=O)NCc2cc(CC3CC3)on2)c1. The second-order valence-corrected chi connectivity index (χ2v) is 6.84. The quantitative estimate of drug-likeness (QED) is 0.887. The van der Waals surface area contributed by atoms with Crippen molar-refractivity contribution in [1.29, 1.82) is 5.26 Å². The van der Waals surface area contributed by atoms with Gasteiger partial charge in [-0.1, -0.05) is 17.3 Å². The largest absolute Gasteiger partial charge is 0.361 e. The number of hydrogen-bond acceptors (Lipinski definition) is 4. The molecule has 0 saturated heterocycles. The minimum absolute atomic E-state index is 0.00298. The van der Waals surface area contributed by atoms with E-state index in [4.69, 9.17) is 9.78 Å². The maximum atomic E-state index is 12.3. The van der Waals surface area contributed by atoms with E-state index in [0.29, 0.717) is 12.1 Å². The van der Waals surface area contributed by atoms with Crippen LogP contribution >= 0.6 is 0 Å². The summed E-state index contributed by atoms with van der Waals surface area (Å²) in [5, 5.41) is 15.9. The highest BCUT2D eigenvalue weighted by Gasteiger charge is 2.43. The Morgan fingerprint density at radius 2 is 2.25 bits per heavy atom. The van der Waals surface area contributed by atoms with Crippen LogP contribution in [0.1, 0.15) is 47.8 Å². The van der Waals surface area contributed by atoms with E-state index in [1.165, 1.54) is 12.8 Å². The van der Waals surface area contributed by atoms with E-state index in [1.807, 2.05) is 24.3 Å². The first kappa shape index (κ1) is 14.9. The fraction of sp³-hybridized carbons (Fsp3) is 0.421. The van der Waals surface area contributed by atoms with Crippen molar-refractivity contribution >= 4 is 5.91 Å². The van der Waals surface area contributed by atoms with Crippen molar-refractivity contribution in [3.8, 4) is 6.07 Å². The number of nitrogens with zero attached hydrogens (tertiary/aromatic N) is 2. The van der Waals surface area contributed by atoms with E-state index in [2.05, 4.69) is 16.5 Å². The number of carbonyl (C=O) groups excluding carboxylic acids is 1. The van der Waals surface area contributed by atoms with Crippen molar-refractivity contribution in [2.24, 2.45) is 11.8 Å². The molecule has 0 unspecified atom stereocenters. The fourth-order valence-electron chi connectivity index (χ4n) is 3.14. The summed E-state index contributed by atoms with van der Waals surface area (Å²) >= 11 is 0. The Labute approximate surface area is 140 Å². The smallest absolute Gasteiger partial charge is 0.224 e. The summed E-state index contributed by atoms with van der Waals surface area (Å²) in [5.41, 5.74) is 2.49. The number of hydrogen-bond donors (Lipinski definition) is 1. The monoisotopic (exact) mass is 321 g/mol. The summed E-state index contributed by atoms with van der Waals surface area (Å²) in [6, 6.07) is 11.6. The molecule has 2 aliphatic rings. The number of carbonyl (C=O) groups is 1. The van der Waals surface area contributed by atoms with Crippen LogP contribution < -0.4 is 5.32 Å². The lowest BCUT2D eigenvalue weighted by atomic mass is 10.1. The molecule has 5 nitrogen and oxygen atoms in total. The van der Waals surface area contributed by atoms with Crippen molar-refractivity contribution in [1.82, 2.24) is 10.5 Å². The number of aromatic nitrogens is 1. The van der Waals surface area contributed by atoms with Crippen LogP contribution in [-0.2, 0) is 17.8 Å². The molecule has 1 aromatic carbocycles. The van der Waals surface area contributed by atoms with E-state index >= 15 is 0 Å². The van der Waals surface area contributed by atoms with Crippen LogP contribution in [0.3, 0.4) is 0 Å². The lowest BCUT2D eigenvalue weighted by Crippen LogP contribution is -2.25. The second kappa shape index (κ2) is 6.12. The van der Waals surface area contributed by atoms with Crippen LogP contribution in [0, 0.1) is 23.2 Å². The molecule has 1 amide bonds. The van der Waals surface area contributed by atoms with Gasteiger partial charge >= 0.3 is 0 Å². The highest BCUT2D eigenvalue weighted by Crippen LogP contribution is 2.47. The lowest BCUT2D eigenvalue weighted by Gasteiger charge is -2.03. The summed E-state index contributed by atoms with van der Waals surface area (Å²) in [5.74, 6) is 1.95. The van der Waals surface area contributed by atoms with Crippen molar-refractivity contribution < 1.29 is 9.32 Å². The van der Waals surface area contributed by atoms with Gasteiger partial charge in [0.1, 0.15) is 11.5 Å². The normalized spacial score (nSPS) is 22.0. The molecule has 2 saturated carbocycles. The molecule has 4 rings (SSSR count). The van der Waals surface area contributed by atoms with Crippen molar-refractivity contribution in [2.45, 2.75) is 38.1 Å². The van der Waals surface area contributed by atoms with Crippen LogP contribution in [0.25, 0.3) is 0 Å². The van der Waals surface area contributed by atoms with E-state index in [1.54, 1.807) is 6.07 Å². The molecule has 2 fully saturated rings. The molecule has 0 aliphatic heterocycles. The summed E-state index contributed by atoms with van der Waals surface area (Å²) in [6.07, 6.45) is 4.36. The van der Waals surface area contributed by atoms with Gasteiger partial charge in [-0.05, 0) is 48.8 Å². The highest BCUT2D eigenvalue weighted by atomic mass is 16.5. The topological polar surface area (TPSA) is 78.9 Å². The van der Waals surface area contributed by atoms with Crippen LogP contribution in [0.5, 0.6) is 0 Å². The highest BCUT2D eigenvalue weighted by molar-refractivity contribution is 5.82. The second-order valence-electron chi connectivity index (χ2n) is 6.84. The number of amides is 1. The molecule has 2 aromatic rings. The van der Waals surface area contributed by atoms with Gasteiger partial charge in [-0.3, -0.25) is 4.79 Å². The summed E-state index contributed by atoms with van der Waals surface area (Å²) in [4.78, 5) is 12.3. The van der Waals surface area contributed by atoms with Gasteiger partial charge < -0.3 is 9.84 Å². The van der Waals surface area contributed by atoms with Gasteiger partial charge in [0.05, 0.1) is 18.2 Å². The predicted molar refractivity (Wildman–Crippen MR) is 86.8 cm³/mol. The first-order valence-electron chi connectivity index (χ1n) is 8.45. The number of benzene rings is 1. The van der Waals surface area contributed by atoms with Crippen LogP contribution in [0.15, 0.2) is 34.9 Å². The lowest BCUT2D eigenvalue weighted by molar-refractivity contribution is -0.122. The zero-order valence-corrected chi connectivity index (χ0v) is 13.4. The van der Waals surface area contributed by atoms with Gasteiger partial charge in [0.2, 0.25) is 5.91 Å². The van der Waals surface area contributed by atoms with E-state index in [9.17, 15) is 4.79 Å². The van der Waals surface area contributed by atoms with Crippen molar-refractivity contribution in [3.05, 3.63) is 52.9 Å². The number of nitrogens with one attached hydrogen (secondary N) is 1. The van der Waals surface area contributed by atoms with E-state index < -0.39 is 0 Å². The van der Waals surface area contributed by atoms with Crippen molar-refractivity contribution in [3.63, 3.8) is 0 Å². The molecule has 2 atom stereocenters. The van der Waals surface area contributed by atoms with Gasteiger partial charge in [0.25, 0.3) is 0 Å². The first-order chi connectivity index (χ1) is 11.7. The molecule has 122 valence electrons. The summed E-state index contributed by atoms with van der Waals surface area (Å²) < 4.78 is 5.31. The fourth-order valence-corrected chi connectivity index (χ4v) is 3.14. The summed E-state index contributed by atoms with van der Waals surface area (Å²) in [6.45, 7) is 0.411. The molecule has 2 aliphatic carbocycles. The van der Waals surface area contributed by atoms with E-state index in [-0.39, 0.29) is 17.7 Å². The molecular formula is C19H19N3O2. The Hall–Kier alpha value is -2.61. The first-order valence-corrected chi connectivity index (χ1v) is 8.45. The van der Waals surface area contributed by atoms with Crippen LogP contribution in [0.4, 0.5) is 0 Å². The molecular weight excluding hydrogens is 302 g/mol. The van der Waals surface area contributed by atoms with Gasteiger partial charge in [-0.15, -0.1) is 0 Å². The standard InChI is InChI=1S/C19H19N3O2/c20-10-13-2-1-3-14(6-13)17-9-18(17)19(23)21-11-15-8-16(24-22-15)7-12-4-5-12/h1-3,6,8,12,17-18H,4-5,7,9,11H2,(H,21,23)/t17-,18+/m0/s1. The third-order valence-electron chi connectivity index (χ3n) is 4.81. The zero-order valence-electron chi connectivity index (χ0n) is 13.4. The Morgan fingerprint density at radius 3 is 3.04 bits per heavy atom. The maximum Gasteiger partial charge on any atom is 0.224 e. The third-order valence-corrected chi connectivity index (χ3v) is 4.81. The molecule has 24 heavy (non-hydrogen) atoms. The minimum atomic E-state index is -0.00298. The third kappa shape index (κ3) is 3.33. The Morgan fingerprint density at radius 1 is 1.38 bits per heavy atom. The van der Waals surface area contributed by atoms with Gasteiger partial charge in [0.15, 0.2) is 0 Å². The molecule has 0 bridgehead atoms.